The Morgan fingerprint density at radius 1 is 1.00 bits per heavy atom. The topological polar surface area (TPSA) is 60.5 Å². The standard InChI is InChI=1S/C22H22N2O3S/c1-14-7-8-15(2)20(12-14)28-22-17(6-5-11-23-22)21(25)24-16-9-10-18(26-3)19(13-16)27-4/h5-13H,1-4H3,(H,24,25). The molecule has 6 heteroatoms. The number of hydrogen-bond acceptors (Lipinski definition) is 5. The van der Waals surface area contributed by atoms with Crippen LogP contribution in [0.1, 0.15) is 21.5 Å². The molecule has 2 aromatic carbocycles. The Morgan fingerprint density at radius 3 is 2.54 bits per heavy atom. The molecule has 0 saturated carbocycles. The van der Waals surface area contributed by atoms with Gasteiger partial charge in [-0.3, -0.25) is 4.79 Å². The number of anilines is 1. The Labute approximate surface area is 169 Å². The molecule has 0 aliphatic carbocycles. The fourth-order valence-corrected chi connectivity index (χ4v) is 3.75. The van der Waals surface area contributed by atoms with E-state index in [1.165, 1.54) is 17.3 Å². The molecule has 5 nitrogen and oxygen atoms in total. The lowest BCUT2D eigenvalue weighted by Crippen LogP contribution is -2.13. The molecule has 1 N–H and O–H groups in total. The Hall–Kier alpha value is -2.99. The minimum atomic E-state index is -0.229. The number of benzene rings is 2. The predicted molar refractivity (Wildman–Crippen MR) is 112 cm³/mol. The molecular weight excluding hydrogens is 372 g/mol. The third-order valence-electron chi connectivity index (χ3n) is 4.21. The van der Waals surface area contributed by atoms with Gasteiger partial charge in [-0.25, -0.2) is 4.98 Å². The van der Waals surface area contributed by atoms with Crippen LogP contribution < -0.4 is 14.8 Å². The van der Waals surface area contributed by atoms with Crippen molar-refractivity contribution in [2.75, 3.05) is 19.5 Å². The van der Waals surface area contributed by atoms with Crippen molar-refractivity contribution in [3.05, 3.63) is 71.4 Å². The van der Waals surface area contributed by atoms with E-state index in [4.69, 9.17) is 9.47 Å². The molecule has 0 atom stereocenters. The molecule has 1 aromatic heterocycles. The van der Waals surface area contributed by atoms with Gasteiger partial charge in [-0.2, -0.15) is 0 Å². The van der Waals surface area contributed by atoms with Crippen LogP contribution in [0.15, 0.2) is 64.6 Å². The number of aromatic nitrogens is 1. The number of carbonyl (C=O) groups is 1. The van der Waals surface area contributed by atoms with E-state index < -0.39 is 0 Å². The summed E-state index contributed by atoms with van der Waals surface area (Å²) in [5.74, 6) is 0.928. The van der Waals surface area contributed by atoms with Crippen LogP contribution in [-0.4, -0.2) is 25.1 Å². The third-order valence-corrected chi connectivity index (χ3v) is 5.39. The van der Waals surface area contributed by atoms with E-state index in [1.54, 1.807) is 50.7 Å². The molecule has 0 aliphatic rings. The van der Waals surface area contributed by atoms with Crippen molar-refractivity contribution in [3.8, 4) is 11.5 Å². The van der Waals surface area contributed by atoms with E-state index >= 15 is 0 Å². The summed E-state index contributed by atoms with van der Waals surface area (Å²) in [5, 5.41) is 3.57. The molecule has 0 aliphatic heterocycles. The van der Waals surface area contributed by atoms with Gasteiger partial charge in [0.15, 0.2) is 11.5 Å². The van der Waals surface area contributed by atoms with Gasteiger partial charge in [0.25, 0.3) is 5.91 Å². The minimum absolute atomic E-state index is 0.229. The summed E-state index contributed by atoms with van der Waals surface area (Å²) < 4.78 is 10.5. The molecular formula is C22H22N2O3S. The van der Waals surface area contributed by atoms with Gasteiger partial charge in [-0.15, -0.1) is 0 Å². The van der Waals surface area contributed by atoms with E-state index in [0.29, 0.717) is 27.8 Å². The van der Waals surface area contributed by atoms with Gasteiger partial charge in [-0.1, -0.05) is 23.9 Å². The second-order valence-corrected chi connectivity index (χ2v) is 7.28. The monoisotopic (exact) mass is 394 g/mol. The van der Waals surface area contributed by atoms with Gasteiger partial charge < -0.3 is 14.8 Å². The van der Waals surface area contributed by atoms with Gasteiger partial charge in [0.1, 0.15) is 5.03 Å². The van der Waals surface area contributed by atoms with Crippen molar-refractivity contribution in [1.82, 2.24) is 4.98 Å². The van der Waals surface area contributed by atoms with Crippen molar-refractivity contribution in [1.29, 1.82) is 0 Å². The first-order valence-corrected chi connectivity index (χ1v) is 9.57. The maximum absolute atomic E-state index is 12.9. The van der Waals surface area contributed by atoms with Crippen molar-refractivity contribution >= 4 is 23.4 Å². The van der Waals surface area contributed by atoms with Crippen LogP contribution in [-0.2, 0) is 0 Å². The molecule has 0 spiro atoms. The van der Waals surface area contributed by atoms with Gasteiger partial charge in [-0.05, 0) is 55.3 Å². The fraction of sp³-hybridized carbons (Fsp3) is 0.182. The highest BCUT2D eigenvalue weighted by Gasteiger charge is 2.15. The van der Waals surface area contributed by atoms with Gasteiger partial charge in [0, 0.05) is 22.8 Å². The highest BCUT2D eigenvalue weighted by Crippen LogP contribution is 2.33. The number of methoxy groups -OCH3 is 2. The molecule has 0 radical (unpaired) electrons. The highest BCUT2D eigenvalue weighted by molar-refractivity contribution is 7.99. The Morgan fingerprint density at radius 2 is 1.79 bits per heavy atom. The first-order chi connectivity index (χ1) is 13.5. The number of ether oxygens (including phenoxy) is 2. The summed E-state index contributed by atoms with van der Waals surface area (Å²) in [6.45, 7) is 4.10. The summed E-state index contributed by atoms with van der Waals surface area (Å²) in [4.78, 5) is 18.4. The summed E-state index contributed by atoms with van der Waals surface area (Å²) in [5.41, 5.74) is 3.45. The quantitative estimate of drug-likeness (QED) is 0.629. The largest absolute Gasteiger partial charge is 0.493 e. The number of aryl methyl sites for hydroxylation is 2. The van der Waals surface area contributed by atoms with E-state index in [1.807, 2.05) is 13.8 Å². The molecule has 3 aromatic rings. The number of rotatable bonds is 6. The minimum Gasteiger partial charge on any atom is -0.493 e. The maximum atomic E-state index is 12.9. The number of nitrogens with zero attached hydrogens (tertiary/aromatic N) is 1. The highest BCUT2D eigenvalue weighted by atomic mass is 32.2. The van der Waals surface area contributed by atoms with Crippen molar-refractivity contribution in [3.63, 3.8) is 0 Å². The average Bonchev–Trinajstić information content (AvgIpc) is 2.71. The van der Waals surface area contributed by atoms with E-state index in [-0.39, 0.29) is 5.91 Å². The summed E-state index contributed by atoms with van der Waals surface area (Å²) in [7, 11) is 3.13. The Kier molecular flexibility index (Phi) is 6.21. The fourth-order valence-electron chi connectivity index (χ4n) is 2.68. The van der Waals surface area contributed by atoms with Crippen LogP contribution in [0.5, 0.6) is 11.5 Å². The lowest BCUT2D eigenvalue weighted by atomic mass is 10.2. The van der Waals surface area contributed by atoms with Crippen molar-refractivity contribution in [2.45, 2.75) is 23.8 Å². The van der Waals surface area contributed by atoms with Gasteiger partial charge in [0.05, 0.1) is 19.8 Å². The summed E-state index contributed by atoms with van der Waals surface area (Å²) in [6, 6.07) is 15.0. The molecule has 28 heavy (non-hydrogen) atoms. The Bertz CT molecular complexity index is 1000. The molecule has 0 bridgehead atoms. The van der Waals surface area contributed by atoms with E-state index in [9.17, 15) is 4.79 Å². The lowest BCUT2D eigenvalue weighted by Gasteiger charge is -2.12. The van der Waals surface area contributed by atoms with Gasteiger partial charge in [0.2, 0.25) is 0 Å². The molecule has 0 fully saturated rings. The third kappa shape index (κ3) is 4.46. The average molecular weight is 394 g/mol. The van der Waals surface area contributed by atoms with Crippen LogP contribution >= 0.6 is 11.8 Å². The van der Waals surface area contributed by atoms with E-state index in [2.05, 4.69) is 28.5 Å². The molecule has 144 valence electrons. The first kappa shape index (κ1) is 19.8. The lowest BCUT2D eigenvalue weighted by molar-refractivity contribution is 0.102. The molecule has 1 heterocycles. The summed E-state index contributed by atoms with van der Waals surface area (Å²) in [6.07, 6.45) is 1.70. The van der Waals surface area contributed by atoms with Crippen LogP contribution in [0.2, 0.25) is 0 Å². The molecule has 0 unspecified atom stereocenters. The van der Waals surface area contributed by atoms with Crippen LogP contribution in [0.4, 0.5) is 5.69 Å². The smallest absolute Gasteiger partial charge is 0.258 e. The normalized spacial score (nSPS) is 10.4. The molecule has 3 rings (SSSR count). The Balaban J connectivity index is 1.86. The second-order valence-electron chi connectivity index (χ2n) is 6.25. The SMILES string of the molecule is COc1ccc(NC(=O)c2cccnc2Sc2cc(C)ccc2C)cc1OC. The van der Waals surface area contributed by atoms with Crippen molar-refractivity contribution in [2.24, 2.45) is 0 Å². The molecule has 1 amide bonds. The van der Waals surface area contributed by atoms with Gasteiger partial charge >= 0.3 is 0 Å². The first-order valence-electron chi connectivity index (χ1n) is 8.75. The number of carbonyl (C=O) groups excluding carboxylic acids is 1. The van der Waals surface area contributed by atoms with Crippen LogP contribution in [0, 0.1) is 13.8 Å². The predicted octanol–water partition coefficient (Wildman–Crippen LogP) is 5.12. The zero-order chi connectivity index (χ0) is 20.1. The maximum Gasteiger partial charge on any atom is 0.258 e. The summed E-state index contributed by atoms with van der Waals surface area (Å²) >= 11 is 1.49. The second kappa shape index (κ2) is 8.80. The van der Waals surface area contributed by atoms with Crippen LogP contribution in [0.25, 0.3) is 0 Å². The number of hydrogen-bond donors (Lipinski definition) is 1. The molecule has 0 saturated heterocycles. The number of nitrogens with one attached hydrogen (secondary N) is 1. The number of amides is 1. The zero-order valence-electron chi connectivity index (χ0n) is 16.3. The van der Waals surface area contributed by atoms with E-state index in [0.717, 1.165) is 10.5 Å². The van der Waals surface area contributed by atoms with Crippen molar-refractivity contribution < 1.29 is 14.3 Å². The number of pyridine rings is 1. The zero-order valence-corrected chi connectivity index (χ0v) is 17.1. The van der Waals surface area contributed by atoms with Crippen LogP contribution in [0.3, 0.4) is 0 Å².